The molecule has 1 aliphatic carbocycles. The zero-order valence-electron chi connectivity index (χ0n) is 14.7. The monoisotopic (exact) mass is 350 g/mol. The number of carbonyl (C=O) groups is 1. The smallest absolute Gasteiger partial charge is 0.253 e. The lowest BCUT2D eigenvalue weighted by Gasteiger charge is -2.31. The molecule has 1 atom stereocenters. The van der Waals surface area contributed by atoms with Crippen LogP contribution in [0.5, 0.6) is 0 Å². The van der Waals surface area contributed by atoms with E-state index in [4.69, 9.17) is 0 Å². The summed E-state index contributed by atoms with van der Waals surface area (Å²) in [5, 5.41) is 0. The minimum Gasteiger partial charge on any atom is -0.339 e. The van der Waals surface area contributed by atoms with Gasteiger partial charge in [0.05, 0.1) is 11.9 Å². The number of nitrogens with zero attached hydrogens (tertiary/aromatic N) is 2. The molecular weight excluding hydrogens is 324 g/mol. The van der Waals surface area contributed by atoms with E-state index < -0.39 is 10.0 Å². The number of benzene rings is 1. The molecule has 0 aromatic heterocycles. The average molecular weight is 350 g/mol. The number of hydrogen-bond acceptors (Lipinski definition) is 3. The summed E-state index contributed by atoms with van der Waals surface area (Å²) in [6, 6.07) is 5.64. The van der Waals surface area contributed by atoms with Gasteiger partial charge in [-0.1, -0.05) is 19.3 Å². The van der Waals surface area contributed by atoms with Gasteiger partial charge in [-0.05, 0) is 49.9 Å². The van der Waals surface area contributed by atoms with E-state index in [1.807, 2.05) is 24.9 Å². The number of rotatable bonds is 3. The molecular formula is C18H26N2O3S. The van der Waals surface area contributed by atoms with Crippen LogP contribution in [0.25, 0.3) is 0 Å². The van der Waals surface area contributed by atoms with E-state index in [0.29, 0.717) is 23.7 Å². The molecule has 5 nitrogen and oxygen atoms in total. The molecule has 1 unspecified atom stereocenters. The second kappa shape index (κ2) is 6.39. The molecule has 6 heteroatoms. The molecule has 0 radical (unpaired) electrons. The maximum atomic E-state index is 12.8. The maximum Gasteiger partial charge on any atom is 0.253 e. The zero-order chi connectivity index (χ0) is 17.5. The summed E-state index contributed by atoms with van der Waals surface area (Å²) in [6.45, 7) is 1.90. The van der Waals surface area contributed by atoms with Crippen molar-refractivity contribution in [1.29, 1.82) is 0 Å². The lowest BCUT2D eigenvalue weighted by atomic mass is 9.94. The number of sulfonamides is 1. The Morgan fingerprint density at radius 1 is 1.21 bits per heavy atom. The Labute approximate surface area is 144 Å². The Kier molecular flexibility index (Phi) is 4.60. The lowest BCUT2D eigenvalue weighted by Crippen LogP contribution is -2.38. The van der Waals surface area contributed by atoms with Gasteiger partial charge in [-0.2, -0.15) is 0 Å². The van der Waals surface area contributed by atoms with E-state index >= 15 is 0 Å². The first kappa shape index (κ1) is 17.3. The van der Waals surface area contributed by atoms with Gasteiger partial charge >= 0.3 is 0 Å². The molecule has 1 heterocycles. The molecule has 24 heavy (non-hydrogen) atoms. The van der Waals surface area contributed by atoms with Crippen molar-refractivity contribution in [3.05, 3.63) is 29.3 Å². The van der Waals surface area contributed by atoms with Crippen molar-refractivity contribution in [3.63, 3.8) is 0 Å². The van der Waals surface area contributed by atoms with Crippen LogP contribution in [-0.4, -0.2) is 44.6 Å². The van der Waals surface area contributed by atoms with Crippen molar-refractivity contribution in [1.82, 2.24) is 4.90 Å². The fourth-order valence-corrected chi connectivity index (χ4v) is 5.34. The van der Waals surface area contributed by atoms with E-state index in [1.54, 1.807) is 12.1 Å². The summed E-state index contributed by atoms with van der Waals surface area (Å²) in [6.07, 6.45) is 7.67. The quantitative estimate of drug-likeness (QED) is 0.842. The minimum atomic E-state index is -3.29. The van der Waals surface area contributed by atoms with Crippen LogP contribution < -0.4 is 4.31 Å². The van der Waals surface area contributed by atoms with E-state index in [0.717, 1.165) is 18.4 Å². The third kappa shape index (κ3) is 3.16. The molecule has 132 valence electrons. The summed E-state index contributed by atoms with van der Waals surface area (Å²) in [4.78, 5) is 14.7. The van der Waals surface area contributed by atoms with Gasteiger partial charge in [0.15, 0.2) is 0 Å². The first-order chi connectivity index (χ1) is 11.3. The summed E-state index contributed by atoms with van der Waals surface area (Å²) in [7, 11) is -1.41. The van der Waals surface area contributed by atoms with E-state index in [1.165, 1.54) is 29.8 Å². The third-order valence-corrected chi connectivity index (χ3v) is 6.55. The van der Waals surface area contributed by atoms with Gasteiger partial charge < -0.3 is 4.90 Å². The fraction of sp³-hybridized carbons (Fsp3) is 0.611. The van der Waals surface area contributed by atoms with Crippen molar-refractivity contribution < 1.29 is 13.2 Å². The predicted octanol–water partition coefficient (Wildman–Crippen LogP) is 2.80. The van der Waals surface area contributed by atoms with Crippen molar-refractivity contribution in [2.45, 2.75) is 57.5 Å². The molecule has 2 aliphatic rings. The molecule has 0 saturated heterocycles. The number of amides is 1. The molecule has 0 spiro atoms. The summed E-state index contributed by atoms with van der Waals surface area (Å²) >= 11 is 0. The van der Waals surface area contributed by atoms with Crippen LogP contribution in [0.3, 0.4) is 0 Å². The zero-order valence-corrected chi connectivity index (χ0v) is 15.5. The summed E-state index contributed by atoms with van der Waals surface area (Å²) in [5.41, 5.74) is 2.31. The first-order valence-corrected chi connectivity index (χ1v) is 10.5. The van der Waals surface area contributed by atoms with Crippen molar-refractivity contribution >= 4 is 21.6 Å². The highest BCUT2D eigenvalue weighted by Gasteiger charge is 2.33. The molecule has 1 aromatic carbocycles. The first-order valence-electron chi connectivity index (χ1n) is 8.68. The normalized spacial score (nSPS) is 21.6. The molecule has 1 amide bonds. The molecule has 1 saturated carbocycles. The Morgan fingerprint density at radius 2 is 1.88 bits per heavy atom. The molecule has 3 rings (SSSR count). The predicted molar refractivity (Wildman–Crippen MR) is 95.9 cm³/mol. The number of hydrogen-bond donors (Lipinski definition) is 0. The summed E-state index contributed by atoms with van der Waals surface area (Å²) in [5.74, 6) is 0.0372. The topological polar surface area (TPSA) is 57.7 Å². The van der Waals surface area contributed by atoms with Crippen molar-refractivity contribution in [2.75, 3.05) is 17.6 Å². The Morgan fingerprint density at radius 3 is 2.50 bits per heavy atom. The largest absolute Gasteiger partial charge is 0.339 e. The number of carbonyl (C=O) groups excluding carboxylic acids is 1. The Bertz CT molecular complexity index is 739. The summed E-state index contributed by atoms with van der Waals surface area (Å²) < 4.78 is 25.4. The van der Waals surface area contributed by atoms with Gasteiger partial charge in [-0.25, -0.2) is 8.42 Å². The highest BCUT2D eigenvalue weighted by Crippen LogP contribution is 2.35. The van der Waals surface area contributed by atoms with Crippen LogP contribution >= 0.6 is 0 Å². The third-order valence-electron chi connectivity index (χ3n) is 5.28. The minimum absolute atomic E-state index is 0.0372. The second-order valence-electron chi connectivity index (χ2n) is 7.16. The van der Waals surface area contributed by atoms with Crippen molar-refractivity contribution in [2.24, 2.45) is 0 Å². The number of fused-ring (bicyclic) bond motifs is 1. The van der Waals surface area contributed by atoms with Gasteiger partial charge in [-0.15, -0.1) is 0 Å². The van der Waals surface area contributed by atoms with Crippen LogP contribution in [0.4, 0.5) is 5.69 Å². The van der Waals surface area contributed by atoms with E-state index in [9.17, 15) is 13.2 Å². The second-order valence-corrected chi connectivity index (χ2v) is 9.02. The van der Waals surface area contributed by atoms with Gasteiger partial charge in [0, 0.05) is 24.7 Å². The average Bonchev–Trinajstić information content (AvgIpc) is 2.89. The van der Waals surface area contributed by atoms with Gasteiger partial charge in [-0.3, -0.25) is 9.10 Å². The fourth-order valence-electron chi connectivity index (χ4n) is 4.08. The standard InChI is InChI=1S/C18H26N2O3S/c1-13-11-15-12-14(9-10-17(15)20(13)24(3,22)23)18(21)19(2)16-7-5-4-6-8-16/h9-10,12-13,16H,4-8,11H2,1-3H3. The highest BCUT2D eigenvalue weighted by molar-refractivity contribution is 7.92. The molecule has 0 N–H and O–H groups in total. The maximum absolute atomic E-state index is 12.8. The molecule has 1 aromatic rings. The van der Waals surface area contributed by atoms with Gasteiger partial charge in [0.2, 0.25) is 10.0 Å². The highest BCUT2D eigenvalue weighted by atomic mass is 32.2. The van der Waals surface area contributed by atoms with Crippen LogP contribution in [-0.2, 0) is 16.4 Å². The van der Waals surface area contributed by atoms with Gasteiger partial charge in [0.25, 0.3) is 5.91 Å². The lowest BCUT2D eigenvalue weighted by molar-refractivity contribution is 0.0696. The molecule has 1 fully saturated rings. The van der Waals surface area contributed by atoms with Crippen LogP contribution in [0.15, 0.2) is 18.2 Å². The van der Waals surface area contributed by atoms with Crippen LogP contribution in [0.1, 0.15) is 54.9 Å². The SMILES string of the molecule is CC1Cc2cc(C(=O)N(C)C3CCCCC3)ccc2N1S(C)(=O)=O. The molecule has 1 aliphatic heterocycles. The molecule has 0 bridgehead atoms. The van der Waals surface area contributed by atoms with Crippen molar-refractivity contribution in [3.8, 4) is 0 Å². The Balaban J connectivity index is 1.84. The van der Waals surface area contributed by atoms with Crippen LogP contribution in [0, 0.1) is 0 Å². The van der Waals surface area contributed by atoms with Gasteiger partial charge in [0.1, 0.15) is 0 Å². The van der Waals surface area contributed by atoms with E-state index in [2.05, 4.69) is 0 Å². The van der Waals surface area contributed by atoms with E-state index in [-0.39, 0.29) is 11.9 Å². The Hall–Kier alpha value is -1.56. The van der Waals surface area contributed by atoms with Crippen LogP contribution in [0.2, 0.25) is 0 Å². The number of anilines is 1.